The molecule has 28 heavy (non-hydrogen) atoms. The molecule has 2 N–H and O–H groups in total. The summed E-state index contributed by atoms with van der Waals surface area (Å²) in [5, 5.41) is 16.7. The molecule has 0 unspecified atom stereocenters. The first kappa shape index (κ1) is 17.5. The van der Waals surface area contributed by atoms with E-state index in [2.05, 4.69) is 20.4 Å². The smallest absolute Gasteiger partial charge is 0.259 e. The molecule has 0 atom stereocenters. The first-order chi connectivity index (χ1) is 13.5. The topological polar surface area (TPSA) is 102 Å². The maximum absolute atomic E-state index is 12.3. The van der Waals surface area contributed by atoms with Gasteiger partial charge in [-0.2, -0.15) is 4.98 Å². The summed E-state index contributed by atoms with van der Waals surface area (Å²) < 4.78 is 6.74. The molecule has 0 spiro atoms. The van der Waals surface area contributed by atoms with Crippen LogP contribution in [-0.2, 0) is 0 Å². The van der Waals surface area contributed by atoms with Gasteiger partial charge in [0.15, 0.2) is 17.1 Å². The third kappa shape index (κ3) is 3.35. The highest BCUT2D eigenvalue weighted by Gasteiger charge is 2.12. The fourth-order valence-corrected chi connectivity index (χ4v) is 2.74. The number of amides is 1. The molecule has 0 saturated carbocycles. The number of ether oxygens (including phenoxy) is 1. The minimum absolute atomic E-state index is 0.0729. The fourth-order valence-electron chi connectivity index (χ4n) is 2.74. The number of aryl methyl sites for hydroxylation is 1. The van der Waals surface area contributed by atoms with Gasteiger partial charge >= 0.3 is 0 Å². The quantitative estimate of drug-likeness (QED) is 0.568. The standard InChI is InChI=1S/C20H17N5O3/c1-12-3-4-14(10-21-12)19(27)23-20-22-18-8-6-15(11-25(18)24-20)13-5-7-16(26)17(9-13)28-2/h3-11,26H,1-2H3,(H,23,24,27). The second-order valence-electron chi connectivity index (χ2n) is 6.18. The number of rotatable bonds is 4. The Kier molecular flexibility index (Phi) is 4.36. The Labute approximate surface area is 160 Å². The van der Waals surface area contributed by atoms with Crippen LogP contribution in [0.1, 0.15) is 16.1 Å². The first-order valence-electron chi connectivity index (χ1n) is 8.51. The van der Waals surface area contributed by atoms with E-state index in [1.165, 1.54) is 13.3 Å². The zero-order valence-corrected chi connectivity index (χ0v) is 15.2. The lowest BCUT2D eigenvalue weighted by atomic mass is 10.1. The molecule has 3 aromatic heterocycles. The Balaban J connectivity index is 1.61. The minimum atomic E-state index is -0.327. The number of anilines is 1. The fraction of sp³-hybridized carbons (Fsp3) is 0.100. The number of aromatic nitrogens is 4. The van der Waals surface area contributed by atoms with Crippen molar-refractivity contribution in [2.24, 2.45) is 0 Å². The summed E-state index contributed by atoms with van der Waals surface area (Å²) in [6.07, 6.45) is 3.30. The Morgan fingerprint density at radius 3 is 2.71 bits per heavy atom. The van der Waals surface area contributed by atoms with Crippen molar-refractivity contribution in [1.82, 2.24) is 19.6 Å². The van der Waals surface area contributed by atoms with E-state index in [0.29, 0.717) is 17.0 Å². The van der Waals surface area contributed by atoms with Gasteiger partial charge in [-0.15, -0.1) is 5.10 Å². The van der Waals surface area contributed by atoms with Crippen molar-refractivity contribution in [2.45, 2.75) is 6.92 Å². The number of aromatic hydroxyl groups is 1. The lowest BCUT2D eigenvalue weighted by molar-refractivity contribution is 0.102. The molecule has 8 heteroatoms. The molecule has 0 radical (unpaired) electrons. The average Bonchev–Trinajstić information content (AvgIpc) is 3.10. The Hall–Kier alpha value is -3.94. The number of hydrogen-bond acceptors (Lipinski definition) is 6. The predicted molar refractivity (Wildman–Crippen MR) is 104 cm³/mol. The van der Waals surface area contributed by atoms with Crippen LogP contribution >= 0.6 is 0 Å². The summed E-state index contributed by atoms with van der Waals surface area (Å²) in [6, 6.07) is 12.2. The second kappa shape index (κ2) is 6.99. The summed E-state index contributed by atoms with van der Waals surface area (Å²) in [6.45, 7) is 1.85. The van der Waals surface area contributed by atoms with Crippen molar-refractivity contribution in [3.63, 3.8) is 0 Å². The van der Waals surface area contributed by atoms with E-state index in [9.17, 15) is 9.90 Å². The van der Waals surface area contributed by atoms with Crippen LogP contribution in [0.2, 0.25) is 0 Å². The number of benzene rings is 1. The van der Waals surface area contributed by atoms with Gasteiger partial charge in [0.2, 0.25) is 5.95 Å². The Bertz CT molecular complexity index is 1170. The number of phenolic OH excluding ortho intramolecular Hbond substituents is 1. The number of carbonyl (C=O) groups excluding carboxylic acids is 1. The zero-order valence-electron chi connectivity index (χ0n) is 15.2. The SMILES string of the molecule is COc1cc(-c2ccc3nc(NC(=O)c4ccc(C)nc4)nn3c2)ccc1O. The van der Waals surface area contributed by atoms with Gasteiger partial charge in [-0.05, 0) is 48.9 Å². The van der Waals surface area contributed by atoms with E-state index in [1.54, 1.807) is 47.1 Å². The third-order valence-electron chi connectivity index (χ3n) is 4.24. The molecule has 0 aliphatic rings. The molecule has 0 aliphatic carbocycles. The van der Waals surface area contributed by atoms with Gasteiger partial charge in [-0.1, -0.05) is 6.07 Å². The van der Waals surface area contributed by atoms with E-state index in [4.69, 9.17) is 4.74 Å². The highest BCUT2D eigenvalue weighted by atomic mass is 16.5. The monoisotopic (exact) mass is 375 g/mol. The van der Waals surface area contributed by atoms with Gasteiger partial charge in [-0.3, -0.25) is 15.1 Å². The molecule has 0 fully saturated rings. The van der Waals surface area contributed by atoms with Gasteiger partial charge in [0.25, 0.3) is 5.91 Å². The summed E-state index contributed by atoms with van der Waals surface area (Å²) in [5.41, 5.74) is 3.56. The first-order valence-corrected chi connectivity index (χ1v) is 8.51. The molecule has 4 aromatic rings. The van der Waals surface area contributed by atoms with E-state index >= 15 is 0 Å². The van der Waals surface area contributed by atoms with E-state index < -0.39 is 0 Å². The second-order valence-corrected chi connectivity index (χ2v) is 6.18. The summed E-state index contributed by atoms with van der Waals surface area (Å²) in [5.74, 6) is 0.331. The van der Waals surface area contributed by atoms with Crippen LogP contribution in [0.3, 0.4) is 0 Å². The molecule has 1 amide bonds. The molecular formula is C20H17N5O3. The van der Waals surface area contributed by atoms with E-state index in [0.717, 1.165) is 16.8 Å². The number of methoxy groups -OCH3 is 1. The highest BCUT2D eigenvalue weighted by Crippen LogP contribution is 2.31. The lowest BCUT2D eigenvalue weighted by Crippen LogP contribution is -2.13. The van der Waals surface area contributed by atoms with Gasteiger partial charge in [-0.25, -0.2) is 4.52 Å². The highest BCUT2D eigenvalue weighted by molar-refractivity contribution is 6.03. The third-order valence-corrected chi connectivity index (χ3v) is 4.24. The van der Waals surface area contributed by atoms with Crippen molar-refractivity contribution >= 4 is 17.5 Å². The normalized spacial score (nSPS) is 10.8. The molecule has 8 nitrogen and oxygen atoms in total. The van der Waals surface area contributed by atoms with Crippen LogP contribution in [0.25, 0.3) is 16.8 Å². The molecule has 0 bridgehead atoms. The summed E-state index contributed by atoms with van der Waals surface area (Å²) in [4.78, 5) is 20.7. The van der Waals surface area contributed by atoms with Crippen LogP contribution < -0.4 is 10.1 Å². The molecule has 0 saturated heterocycles. The van der Waals surface area contributed by atoms with Gasteiger partial charge < -0.3 is 9.84 Å². The largest absolute Gasteiger partial charge is 0.504 e. The van der Waals surface area contributed by atoms with Crippen LogP contribution in [0.4, 0.5) is 5.95 Å². The molecule has 0 aliphatic heterocycles. The number of nitrogens with zero attached hydrogens (tertiary/aromatic N) is 4. The van der Waals surface area contributed by atoms with Crippen molar-refractivity contribution in [3.8, 4) is 22.6 Å². The van der Waals surface area contributed by atoms with Gasteiger partial charge in [0.05, 0.1) is 12.7 Å². The zero-order chi connectivity index (χ0) is 19.7. The van der Waals surface area contributed by atoms with Crippen molar-refractivity contribution in [1.29, 1.82) is 0 Å². The van der Waals surface area contributed by atoms with Gasteiger partial charge in [0.1, 0.15) is 0 Å². The van der Waals surface area contributed by atoms with Crippen LogP contribution in [0.5, 0.6) is 11.5 Å². The van der Waals surface area contributed by atoms with Crippen LogP contribution in [0.15, 0.2) is 54.9 Å². The van der Waals surface area contributed by atoms with Crippen LogP contribution in [0, 0.1) is 6.92 Å². The van der Waals surface area contributed by atoms with Gasteiger partial charge in [0, 0.05) is 23.7 Å². The molecule has 1 aromatic carbocycles. The van der Waals surface area contributed by atoms with E-state index in [1.807, 2.05) is 13.0 Å². The van der Waals surface area contributed by atoms with Crippen molar-refractivity contribution in [3.05, 3.63) is 66.1 Å². The number of pyridine rings is 2. The van der Waals surface area contributed by atoms with E-state index in [-0.39, 0.29) is 17.6 Å². The maximum atomic E-state index is 12.3. The molecule has 4 rings (SSSR count). The minimum Gasteiger partial charge on any atom is -0.504 e. The average molecular weight is 375 g/mol. The van der Waals surface area contributed by atoms with Crippen LogP contribution in [-0.4, -0.2) is 37.7 Å². The predicted octanol–water partition coefficient (Wildman–Crippen LogP) is 3.07. The lowest BCUT2D eigenvalue weighted by Gasteiger charge is -2.07. The Morgan fingerprint density at radius 2 is 1.96 bits per heavy atom. The summed E-state index contributed by atoms with van der Waals surface area (Å²) in [7, 11) is 1.50. The molecule has 140 valence electrons. The number of hydrogen-bond donors (Lipinski definition) is 2. The maximum Gasteiger partial charge on any atom is 0.259 e. The molecule has 3 heterocycles. The number of fused-ring (bicyclic) bond motifs is 1. The number of carbonyl (C=O) groups is 1. The number of nitrogens with one attached hydrogen (secondary N) is 1. The number of phenols is 1. The summed E-state index contributed by atoms with van der Waals surface area (Å²) >= 11 is 0. The molecular weight excluding hydrogens is 358 g/mol. The van der Waals surface area contributed by atoms with Crippen molar-refractivity contribution < 1.29 is 14.6 Å². The Morgan fingerprint density at radius 1 is 1.14 bits per heavy atom. The van der Waals surface area contributed by atoms with Crippen molar-refractivity contribution in [2.75, 3.05) is 12.4 Å².